The van der Waals surface area contributed by atoms with E-state index >= 15 is 0 Å². The third-order valence-electron chi connectivity index (χ3n) is 4.17. The van der Waals surface area contributed by atoms with Crippen LogP contribution in [0.3, 0.4) is 0 Å². The molecule has 5 heteroatoms. The van der Waals surface area contributed by atoms with Gasteiger partial charge in [0, 0.05) is 25.0 Å². The molecule has 0 radical (unpaired) electrons. The fourth-order valence-corrected chi connectivity index (χ4v) is 2.78. The summed E-state index contributed by atoms with van der Waals surface area (Å²) < 4.78 is 0. The highest BCUT2D eigenvalue weighted by molar-refractivity contribution is 6.05. The average Bonchev–Trinajstić information content (AvgIpc) is 2.76. The lowest BCUT2D eigenvalue weighted by Gasteiger charge is -2.24. The molecule has 0 saturated carbocycles. The molecule has 1 aromatic heterocycles. The van der Waals surface area contributed by atoms with E-state index in [1.54, 1.807) is 12.4 Å². The van der Waals surface area contributed by atoms with Crippen LogP contribution in [0.1, 0.15) is 44.2 Å². The first-order valence-corrected chi connectivity index (χ1v) is 7.57. The van der Waals surface area contributed by atoms with Gasteiger partial charge in [-0.2, -0.15) is 0 Å². The molecule has 0 spiro atoms. The first-order valence-electron chi connectivity index (χ1n) is 7.57. The summed E-state index contributed by atoms with van der Waals surface area (Å²) >= 11 is 0. The molecule has 1 aliphatic rings. The van der Waals surface area contributed by atoms with Gasteiger partial charge in [-0.05, 0) is 37.0 Å². The summed E-state index contributed by atoms with van der Waals surface area (Å²) in [6.07, 6.45) is 5.42. The highest BCUT2D eigenvalue weighted by Gasteiger charge is 2.40. The van der Waals surface area contributed by atoms with Gasteiger partial charge >= 0.3 is 0 Å². The molecule has 114 valence electrons. The summed E-state index contributed by atoms with van der Waals surface area (Å²) in [6.45, 7) is 6.59. The molecule has 1 saturated heterocycles. The highest BCUT2D eigenvalue weighted by atomic mass is 16.2. The second kappa shape index (κ2) is 6.80. The zero-order valence-corrected chi connectivity index (χ0v) is 12.9. The predicted molar refractivity (Wildman–Crippen MR) is 80.4 cm³/mol. The number of carbonyl (C=O) groups excluding carboxylic acids is 2. The maximum Gasteiger partial charge on any atom is 0.247 e. The number of hydrogen-bond acceptors (Lipinski definition) is 4. The van der Waals surface area contributed by atoms with Crippen molar-refractivity contribution in [1.82, 2.24) is 15.2 Å². The first-order chi connectivity index (χ1) is 10.1. The Kier molecular flexibility index (Phi) is 5.07. The van der Waals surface area contributed by atoms with Crippen LogP contribution in [0.5, 0.6) is 0 Å². The van der Waals surface area contributed by atoms with Gasteiger partial charge in [-0.1, -0.05) is 13.8 Å². The molecule has 1 unspecified atom stereocenters. The van der Waals surface area contributed by atoms with E-state index in [1.165, 1.54) is 4.90 Å². The zero-order chi connectivity index (χ0) is 15.4. The average molecular weight is 289 g/mol. The Morgan fingerprint density at radius 2 is 2.10 bits per heavy atom. The molecule has 0 bridgehead atoms. The van der Waals surface area contributed by atoms with Gasteiger partial charge in [0.2, 0.25) is 11.8 Å². The number of aryl methyl sites for hydroxylation is 1. The van der Waals surface area contributed by atoms with Crippen molar-refractivity contribution in [3.8, 4) is 0 Å². The summed E-state index contributed by atoms with van der Waals surface area (Å²) in [4.78, 5) is 30.0. The van der Waals surface area contributed by atoms with Crippen molar-refractivity contribution in [3.63, 3.8) is 0 Å². The van der Waals surface area contributed by atoms with Gasteiger partial charge in [0.05, 0.1) is 12.5 Å². The number of nitrogens with zero attached hydrogens (tertiary/aromatic N) is 2. The largest absolute Gasteiger partial charge is 0.301 e. The standard InChI is InChI=1S/C16H23N3O2/c1-4-13(5-2)19-15(20)8-14(16(19)21)18-10-12-6-7-17-9-11(12)3/h6-7,9,13-14,18H,4-5,8,10H2,1-3H3. The monoisotopic (exact) mass is 289 g/mol. The third-order valence-corrected chi connectivity index (χ3v) is 4.17. The van der Waals surface area contributed by atoms with Crippen molar-refractivity contribution < 1.29 is 9.59 Å². The summed E-state index contributed by atoms with van der Waals surface area (Å²) in [6, 6.07) is 1.56. The Labute approximate surface area is 125 Å². The summed E-state index contributed by atoms with van der Waals surface area (Å²) in [5.74, 6) is -0.141. The molecule has 21 heavy (non-hydrogen) atoms. The molecule has 1 aliphatic heterocycles. The molecule has 1 atom stereocenters. The van der Waals surface area contributed by atoms with E-state index in [0.717, 1.165) is 24.0 Å². The van der Waals surface area contributed by atoms with Crippen molar-refractivity contribution in [2.45, 2.75) is 58.7 Å². The lowest BCUT2D eigenvalue weighted by atomic mass is 10.1. The summed E-state index contributed by atoms with van der Waals surface area (Å²) in [5.41, 5.74) is 2.19. The van der Waals surface area contributed by atoms with E-state index in [2.05, 4.69) is 10.3 Å². The maximum absolute atomic E-state index is 12.4. The Morgan fingerprint density at radius 3 is 2.71 bits per heavy atom. The molecule has 5 nitrogen and oxygen atoms in total. The molecular weight excluding hydrogens is 266 g/mol. The van der Waals surface area contributed by atoms with Crippen LogP contribution < -0.4 is 5.32 Å². The van der Waals surface area contributed by atoms with Crippen LogP contribution in [0.25, 0.3) is 0 Å². The smallest absolute Gasteiger partial charge is 0.247 e. The molecular formula is C16H23N3O2. The van der Waals surface area contributed by atoms with Crippen molar-refractivity contribution in [3.05, 3.63) is 29.6 Å². The number of carbonyl (C=O) groups is 2. The van der Waals surface area contributed by atoms with Crippen LogP contribution in [0.2, 0.25) is 0 Å². The number of rotatable bonds is 6. The van der Waals surface area contributed by atoms with Crippen molar-refractivity contribution in [2.75, 3.05) is 0 Å². The van der Waals surface area contributed by atoms with E-state index in [-0.39, 0.29) is 24.3 Å². The fraction of sp³-hybridized carbons (Fsp3) is 0.562. The number of pyridine rings is 1. The number of aromatic nitrogens is 1. The molecule has 1 N–H and O–H groups in total. The molecule has 2 amide bonds. The first kappa shape index (κ1) is 15.6. The molecule has 1 aromatic rings. The van der Waals surface area contributed by atoms with Crippen LogP contribution in [0.4, 0.5) is 0 Å². The van der Waals surface area contributed by atoms with Crippen LogP contribution in [0.15, 0.2) is 18.5 Å². The number of amides is 2. The van der Waals surface area contributed by atoms with E-state index in [9.17, 15) is 9.59 Å². The van der Waals surface area contributed by atoms with E-state index in [4.69, 9.17) is 0 Å². The number of hydrogen-bond donors (Lipinski definition) is 1. The summed E-state index contributed by atoms with van der Waals surface area (Å²) in [5, 5.41) is 3.21. The van der Waals surface area contributed by atoms with Gasteiger partial charge in [-0.15, -0.1) is 0 Å². The van der Waals surface area contributed by atoms with Crippen molar-refractivity contribution >= 4 is 11.8 Å². The minimum Gasteiger partial charge on any atom is -0.301 e. The topological polar surface area (TPSA) is 62.3 Å². The van der Waals surface area contributed by atoms with Crippen molar-refractivity contribution in [2.24, 2.45) is 0 Å². The van der Waals surface area contributed by atoms with Gasteiger partial charge in [0.15, 0.2) is 0 Å². The number of nitrogens with one attached hydrogen (secondary N) is 1. The Morgan fingerprint density at radius 1 is 1.38 bits per heavy atom. The van der Waals surface area contributed by atoms with Gasteiger partial charge in [0.25, 0.3) is 0 Å². The van der Waals surface area contributed by atoms with Gasteiger partial charge in [-0.25, -0.2) is 0 Å². The van der Waals surface area contributed by atoms with Crippen LogP contribution in [-0.4, -0.2) is 33.8 Å². The van der Waals surface area contributed by atoms with Crippen molar-refractivity contribution in [1.29, 1.82) is 0 Å². The molecule has 1 fully saturated rings. The normalized spacial score (nSPS) is 18.9. The third kappa shape index (κ3) is 3.29. The number of likely N-dealkylation sites (tertiary alicyclic amines) is 1. The maximum atomic E-state index is 12.4. The fourth-order valence-electron chi connectivity index (χ4n) is 2.78. The minimum atomic E-state index is -0.398. The minimum absolute atomic E-state index is 0.0273. The predicted octanol–water partition coefficient (Wildman–Crippen LogP) is 1.80. The highest BCUT2D eigenvalue weighted by Crippen LogP contribution is 2.20. The Balaban J connectivity index is 2.01. The lowest BCUT2D eigenvalue weighted by molar-refractivity contribution is -0.141. The van der Waals surface area contributed by atoms with Crippen LogP contribution in [-0.2, 0) is 16.1 Å². The zero-order valence-electron chi connectivity index (χ0n) is 12.9. The lowest BCUT2D eigenvalue weighted by Crippen LogP contribution is -2.43. The Bertz CT molecular complexity index is 526. The Hall–Kier alpha value is -1.75. The molecule has 0 aromatic carbocycles. The second-order valence-corrected chi connectivity index (χ2v) is 5.51. The van der Waals surface area contributed by atoms with Crippen LogP contribution >= 0.6 is 0 Å². The van der Waals surface area contributed by atoms with Gasteiger partial charge < -0.3 is 5.32 Å². The van der Waals surface area contributed by atoms with Gasteiger partial charge in [-0.3, -0.25) is 19.5 Å². The molecule has 2 heterocycles. The molecule has 0 aliphatic carbocycles. The SMILES string of the molecule is CCC(CC)N1C(=O)CC(NCc2ccncc2C)C1=O. The summed E-state index contributed by atoms with van der Waals surface area (Å²) in [7, 11) is 0. The van der Waals surface area contributed by atoms with E-state index in [1.807, 2.05) is 26.8 Å². The molecule has 2 rings (SSSR count). The quantitative estimate of drug-likeness (QED) is 0.811. The van der Waals surface area contributed by atoms with Gasteiger partial charge in [0.1, 0.15) is 0 Å². The van der Waals surface area contributed by atoms with E-state index < -0.39 is 6.04 Å². The van der Waals surface area contributed by atoms with E-state index in [0.29, 0.717) is 6.54 Å². The second-order valence-electron chi connectivity index (χ2n) is 5.51. The number of imide groups is 1. The van der Waals surface area contributed by atoms with Crippen LogP contribution in [0, 0.1) is 6.92 Å².